The van der Waals surface area contributed by atoms with Gasteiger partial charge in [0, 0.05) is 19.7 Å². The van der Waals surface area contributed by atoms with Gasteiger partial charge >= 0.3 is 0 Å². The Morgan fingerprint density at radius 1 is 1.00 bits per heavy atom. The van der Waals surface area contributed by atoms with E-state index in [2.05, 4.69) is 22.1 Å². The zero-order chi connectivity index (χ0) is 16.1. The van der Waals surface area contributed by atoms with E-state index in [-0.39, 0.29) is 5.75 Å². The van der Waals surface area contributed by atoms with Gasteiger partial charge in [-0.25, -0.2) is 14.4 Å². The molecule has 1 aromatic heterocycles. The number of para-hydroxylation sites is 1. The van der Waals surface area contributed by atoms with Gasteiger partial charge in [-0.3, -0.25) is 0 Å². The molecule has 0 aliphatic carbocycles. The van der Waals surface area contributed by atoms with E-state index in [1.807, 2.05) is 30.1 Å². The number of aromatic nitrogens is 2. The number of rotatable bonds is 5. The Labute approximate surface area is 134 Å². The number of halogens is 1. The van der Waals surface area contributed by atoms with E-state index in [1.165, 1.54) is 18.0 Å². The third-order valence-corrected chi connectivity index (χ3v) is 3.33. The molecule has 0 radical (unpaired) electrons. The summed E-state index contributed by atoms with van der Waals surface area (Å²) in [7, 11) is 1.93. The Hall–Kier alpha value is -2.95. The Morgan fingerprint density at radius 2 is 1.74 bits per heavy atom. The largest absolute Gasteiger partial charge is 0.436 e. The third-order valence-electron chi connectivity index (χ3n) is 3.33. The molecule has 0 saturated heterocycles. The monoisotopic (exact) mass is 309 g/mol. The molecule has 4 nitrogen and oxygen atoms in total. The lowest BCUT2D eigenvalue weighted by Crippen LogP contribution is -2.17. The molecule has 5 heteroatoms. The molecule has 1 heterocycles. The van der Waals surface area contributed by atoms with Gasteiger partial charge in [-0.2, -0.15) is 0 Å². The molecule has 0 aliphatic heterocycles. The van der Waals surface area contributed by atoms with Crippen LogP contribution in [0.25, 0.3) is 0 Å². The van der Waals surface area contributed by atoms with Crippen LogP contribution in [-0.4, -0.2) is 17.0 Å². The molecule has 2 aromatic carbocycles. The molecule has 0 fully saturated rings. The van der Waals surface area contributed by atoms with Crippen LogP contribution in [0.4, 0.5) is 10.2 Å². The van der Waals surface area contributed by atoms with E-state index in [4.69, 9.17) is 4.74 Å². The van der Waals surface area contributed by atoms with Crippen LogP contribution in [0.3, 0.4) is 0 Å². The highest BCUT2D eigenvalue weighted by Gasteiger charge is 2.08. The van der Waals surface area contributed by atoms with Crippen molar-refractivity contribution in [2.45, 2.75) is 6.54 Å². The van der Waals surface area contributed by atoms with Crippen LogP contribution < -0.4 is 9.64 Å². The van der Waals surface area contributed by atoms with Gasteiger partial charge in [-0.15, -0.1) is 0 Å². The van der Waals surface area contributed by atoms with Crippen molar-refractivity contribution in [2.75, 3.05) is 11.9 Å². The van der Waals surface area contributed by atoms with Crippen molar-refractivity contribution in [3.63, 3.8) is 0 Å². The molecule has 3 aromatic rings. The third kappa shape index (κ3) is 3.83. The van der Waals surface area contributed by atoms with Crippen LogP contribution >= 0.6 is 0 Å². The van der Waals surface area contributed by atoms with Crippen LogP contribution in [0.15, 0.2) is 67.0 Å². The lowest BCUT2D eigenvalue weighted by atomic mass is 10.2. The van der Waals surface area contributed by atoms with E-state index in [9.17, 15) is 4.39 Å². The smallest absolute Gasteiger partial charge is 0.224 e. The second-order valence-corrected chi connectivity index (χ2v) is 5.09. The van der Waals surface area contributed by atoms with Crippen molar-refractivity contribution in [2.24, 2.45) is 0 Å². The SMILES string of the molecule is CN(Cc1ccccc1)c1cc(Oc2ccccc2F)ncn1. The standard InChI is InChI=1S/C18H16FN3O/c1-22(12-14-7-3-2-4-8-14)17-11-18(21-13-20-17)23-16-10-6-5-9-15(16)19/h2-11,13H,12H2,1H3. The van der Waals surface area contributed by atoms with Crippen molar-refractivity contribution in [1.82, 2.24) is 9.97 Å². The fourth-order valence-electron chi connectivity index (χ4n) is 2.17. The number of hydrogen-bond acceptors (Lipinski definition) is 4. The molecule has 0 N–H and O–H groups in total. The minimum absolute atomic E-state index is 0.142. The Kier molecular flexibility index (Phi) is 4.47. The average Bonchev–Trinajstić information content (AvgIpc) is 2.58. The first-order valence-corrected chi connectivity index (χ1v) is 7.22. The van der Waals surface area contributed by atoms with Crippen LogP contribution in [0.1, 0.15) is 5.56 Å². The van der Waals surface area contributed by atoms with Gasteiger partial charge in [0.25, 0.3) is 0 Å². The topological polar surface area (TPSA) is 38.2 Å². The van der Waals surface area contributed by atoms with Gasteiger partial charge in [0.1, 0.15) is 12.1 Å². The number of nitrogens with zero attached hydrogens (tertiary/aromatic N) is 3. The van der Waals surface area contributed by atoms with Crippen LogP contribution in [0.5, 0.6) is 11.6 Å². The molecule has 0 unspecified atom stereocenters. The highest BCUT2D eigenvalue weighted by molar-refractivity contribution is 5.42. The molecular formula is C18H16FN3O. The molecule has 0 aliphatic rings. The summed E-state index contributed by atoms with van der Waals surface area (Å²) in [6.45, 7) is 0.705. The fraction of sp³-hybridized carbons (Fsp3) is 0.111. The van der Waals surface area contributed by atoms with Gasteiger partial charge in [0.15, 0.2) is 11.6 Å². The average molecular weight is 309 g/mol. The van der Waals surface area contributed by atoms with E-state index in [1.54, 1.807) is 24.3 Å². The first-order chi connectivity index (χ1) is 11.2. The summed E-state index contributed by atoms with van der Waals surface area (Å²) in [5, 5.41) is 0. The maximum absolute atomic E-state index is 13.6. The second-order valence-electron chi connectivity index (χ2n) is 5.09. The second kappa shape index (κ2) is 6.87. The van der Waals surface area contributed by atoms with Crippen molar-refractivity contribution >= 4 is 5.82 Å². The quantitative estimate of drug-likeness (QED) is 0.713. The van der Waals surface area contributed by atoms with Gasteiger partial charge in [0.2, 0.25) is 5.88 Å². The van der Waals surface area contributed by atoms with Gasteiger partial charge < -0.3 is 9.64 Å². The molecule has 0 saturated carbocycles. The van der Waals surface area contributed by atoms with Crippen molar-refractivity contribution < 1.29 is 9.13 Å². The molecule has 3 rings (SSSR count). The normalized spacial score (nSPS) is 10.3. The summed E-state index contributed by atoms with van der Waals surface area (Å²) in [6, 6.07) is 18.0. The van der Waals surface area contributed by atoms with Crippen LogP contribution in [-0.2, 0) is 6.54 Å². The lowest BCUT2D eigenvalue weighted by Gasteiger charge is -2.18. The summed E-state index contributed by atoms with van der Waals surface area (Å²) >= 11 is 0. The van der Waals surface area contributed by atoms with Crippen LogP contribution in [0.2, 0.25) is 0 Å². The first-order valence-electron chi connectivity index (χ1n) is 7.22. The van der Waals surface area contributed by atoms with Crippen molar-refractivity contribution in [1.29, 1.82) is 0 Å². The Morgan fingerprint density at radius 3 is 2.52 bits per heavy atom. The van der Waals surface area contributed by atoms with Crippen molar-refractivity contribution in [3.8, 4) is 11.6 Å². The maximum Gasteiger partial charge on any atom is 0.224 e. The van der Waals surface area contributed by atoms with Gasteiger partial charge in [0.05, 0.1) is 0 Å². The van der Waals surface area contributed by atoms with Gasteiger partial charge in [-0.1, -0.05) is 42.5 Å². The Bertz CT molecular complexity index is 780. The van der Waals surface area contributed by atoms with E-state index >= 15 is 0 Å². The number of hydrogen-bond donors (Lipinski definition) is 0. The first kappa shape index (κ1) is 15.0. The highest BCUT2D eigenvalue weighted by atomic mass is 19.1. The maximum atomic E-state index is 13.6. The fourth-order valence-corrected chi connectivity index (χ4v) is 2.17. The van der Waals surface area contributed by atoms with E-state index in [0.29, 0.717) is 18.2 Å². The summed E-state index contributed by atoms with van der Waals surface area (Å²) in [5.74, 6) is 0.725. The minimum Gasteiger partial charge on any atom is -0.436 e. The molecule has 0 spiro atoms. The molecule has 0 atom stereocenters. The van der Waals surface area contributed by atoms with Crippen molar-refractivity contribution in [3.05, 3.63) is 78.4 Å². The van der Waals surface area contributed by atoms with Gasteiger partial charge in [-0.05, 0) is 17.7 Å². The van der Waals surface area contributed by atoms with Crippen LogP contribution in [0, 0.1) is 5.82 Å². The molecule has 0 amide bonds. The highest BCUT2D eigenvalue weighted by Crippen LogP contribution is 2.24. The zero-order valence-electron chi connectivity index (χ0n) is 12.7. The van der Waals surface area contributed by atoms with E-state index in [0.717, 1.165) is 0 Å². The summed E-state index contributed by atoms with van der Waals surface area (Å²) < 4.78 is 19.1. The molecular weight excluding hydrogens is 293 g/mol. The predicted molar refractivity (Wildman–Crippen MR) is 87.1 cm³/mol. The number of ether oxygens (including phenoxy) is 1. The Balaban J connectivity index is 1.76. The summed E-state index contributed by atoms with van der Waals surface area (Å²) in [6.07, 6.45) is 1.41. The molecule has 0 bridgehead atoms. The number of anilines is 1. The summed E-state index contributed by atoms with van der Waals surface area (Å²) in [5.41, 5.74) is 1.17. The lowest BCUT2D eigenvalue weighted by molar-refractivity contribution is 0.426. The predicted octanol–water partition coefficient (Wildman–Crippen LogP) is 4.04. The van der Waals surface area contributed by atoms with E-state index < -0.39 is 5.82 Å². The zero-order valence-corrected chi connectivity index (χ0v) is 12.7. The molecule has 116 valence electrons. The minimum atomic E-state index is -0.426. The number of benzene rings is 2. The molecule has 23 heavy (non-hydrogen) atoms. The summed E-state index contributed by atoms with van der Waals surface area (Å²) in [4.78, 5) is 10.3.